The van der Waals surface area contributed by atoms with Gasteiger partial charge in [0.15, 0.2) is 0 Å². The predicted molar refractivity (Wildman–Crippen MR) is 62.3 cm³/mol. The van der Waals surface area contributed by atoms with Crippen molar-refractivity contribution in [3.63, 3.8) is 0 Å². The van der Waals surface area contributed by atoms with Crippen LogP contribution < -0.4 is 0 Å². The molecule has 0 aromatic heterocycles. The minimum absolute atomic E-state index is 0.000880. The topological polar surface area (TPSA) is 3.24 Å². The zero-order chi connectivity index (χ0) is 12.3. The largest absolute Gasteiger partial charge is 0.506 e. The van der Waals surface area contributed by atoms with E-state index in [0.29, 0.717) is 12.0 Å². The van der Waals surface area contributed by atoms with Crippen LogP contribution in [0.25, 0.3) is 0 Å². The van der Waals surface area contributed by atoms with Gasteiger partial charge in [0.1, 0.15) is 0 Å². The summed E-state index contributed by atoms with van der Waals surface area (Å²) in [5.74, 6) is 0.533. The molecule has 0 unspecified atom stereocenters. The highest BCUT2D eigenvalue weighted by Crippen LogP contribution is 2.29. The average Bonchev–Trinajstić information content (AvgIpc) is 2.92. The Kier molecular flexibility index (Phi) is 4.47. The first-order valence-electron chi connectivity index (χ1n) is 5.92. The Bertz CT molecular complexity index is 246. The first kappa shape index (κ1) is 13.6. The zero-order valence-corrected chi connectivity index (χ0v) is 10.1. The molecule has 1 nitrogen and oxygen atoms in total. The van der Waals surface area contributed by atoms with Gasteiger partial charge < -0.3 is 12.9 Å². The molecule has 0 aromatic rings. The third-order valence-corrected chi connectivity index (χ3v) is 2.93. The summed E-state index contributed by atoms with van der Waals surface area (Å²) in [6, 6.07) is 0.369. The standard InChI is InChI=1S/C11H20BF3N/c1-9(2)6-7-16(11-4-5-11)8-10(3)12(13,14)15/h9,11H,3-8H2,1-2H3/q-1. The van der Waals surface area contributed by atoms with E-state index in [9.17, 15) is 12.9 Å². The quantitative estimate of drug-likeness (QED) is 0.610. The Morgan fingerprint density at radius 2 is 1.94 bits per heavy atom. The minimum Gasteiger partial charge on any atom is -0.445 e. The number of rotatable bonds is 7. The Balaban J connectivity index is 2.42. The summed E-state index contributed by atoms with van der Waals surface area (Å²) in [5.41, 5.74) is -0.560. The Morgan fingerprint density at radius 1 is 1.38 bits per heavy atom. The van der Waals surface area contributed by atoms with Crippen molar-refractivity contribution in [1.29, 1.82) is 0 Å². The van der Waals surface area contributed by atoms with Crippen LogP contribution in [0.5, 0.6) is 0 Å². The fraction of sp³-hybridized carbons (Fsp3) is 0.818. The summed E-state index contributed by atoms with van der Waals surface area (Å²) in [6.07, 6.45) is 3.03. The summed E-state index contributed by atoms with van der Waals surface area (Å²) in [6.45, 7) is 3.23. The number of halogens is 3. The van der Waals surface area contributed by atoms with Crippen LogP contribution >= 0.6 is 0 Å². The van der Waals surface area contributed by atoms with Crippen LogP contribution in [0.1, 0.15) is 33.1 Å². The van der Waals surface area contributed by atoms with E-state index in [-0.39, 0.29) is 6.54 Å². The lowest BCUT2D eigenvalue weighted by atomic mass is 9.80. The van der Waals surface area contributed by atoms with Crippen LogP contribution in [0.15, 0.2) is 12.1 Å². The summed E-state index contributed by atoms with van der Waals surface area (Å²) in [5, 5.41) is 0. The van der Waals surface area contributed by atoms with Crippen molar-refractivity contribution in [2.24, 2.45) is 5.92 Å². The van der Waals surface area contributed by atoms with Gasteiger partial charge in [-0.2, -0.15) is 0 Å². The van der Waals surface area contributed by atoms with Crippen LogP contribution in [0.2, 0.25) is 0 Å². The predicted octanol–water partition coefficient (Wildman–Crippen LogP) is 3.44. The summed E-state index contributed by atoms with van der Waals surface area (Å²) in [4.78, 5) is 1.94. The van der Waals surface area contributed by atoms with E-state index in [1.807, 2.05) is 4.90 Å². The smallest absolute Gasteiger partial charge is 0.445 e. The molecule has 1 saturated carbocycles. The van der Waals surface area contributed by atoms with Crippen molar-refractivity contribution >= 4 is 6.98 Å². The monoisotopic (exact) mass is 234 g/mol. The van der Waals surface area contributed by atoms with Gasteiger partial charge in [0.05, 0.1) is 0 Å². The van der Waals surface area contributed by atoms with Gasteiger partial charge in [-0.15, -0.1) is 12.1 Å². The maximum atomic E-state index is 12.4. The molecule has 1 aliphatic rings. The first-order chi connectivity index (χ1) is 7.30. The lowest BCUT2D eigenvalue weighted by Gasteiger charge is -2.28. The van der Waals surface area contributed by atoms with E-state index in [1.165, 1.54) is 0 Å². The summed E-state index contributed by atoms with van der Waals surface area (Å²) >= 11 is 0. The summed E-state index contributed by atoms with van der Waals surface area (Å²) < 4.78 is 37.3. The molecule has 0 saturated heterocycles. The van der Waals surface area contributed by atoms with Gasteiger partial charge in [-0.1, -0.05) is 13.8 Å². The van der Waals surface area contributed by atoms with Crippen molar-refractivity contribution in [2.45, 2.75) is 39.2 Å². The fourth-order valence-corrected chi connectivity index (χ4v) is 1.62. The molecule has 5 heteroatoms. The van der Waals surface area contributed by atoms with Crippen molar-refractivity contribution < 1.29 is 12.9 Å². The molecule has 16 heavy (non-hydrogen) atoms. The van der Waals surface area contributed by atoms with E-state index >= 15 is 0 Å². The minimum atomic E-state index is -4.87. The molecule has 1 aliphatic carbocycles. The van der Waals surface area contributed by atoms with Gasteiger partial charge in [-0.05, 0) is 38.3 Å². The molecule has 0 bridgehead atoms. The second-order valence-electron chi connectivity index (χ2n) is 5.12. The lowest BCUT2D eigenvalue weighted by Crippen LogP contribution is -2.35. The maximum absolute atomic E-state index is 12.4. The number of hydrogen-bond acceptors (Lipinski definition) is 1. The maximum Gasteiger partial charge on any atom is 0.506 e. The van der Waals surface area contributed by atoms with Gasteiger partial charge in [0, 0.05) is 6.04 Å². The van der Waals surface area contributed by atoms with E-state index in [1.54, 1.807) is 0 Å². The Morgan fingerprint density at radius 3 is 2.31 bits per heavy atom. The second kappa shape index (κ2) is 5.26. The highest BCUT2D eigenvalue weighted by molar-refractivity contribution is 6.66. The third kappa shape index (κ3) is 4.60. The molecule has 0 amide bonds. The summed E-state index contributed by atoms with van der Waals surface area (Å²) in [7, 11) is 0. The molecule has 94 valence electrons. The molecule has 1 fully saturated rings. The van der Waals surface area contributed by atoms with Crippen molar-refractivity contribution in [2.75, 3.05) is 13.1 Å². The highest BCUT2D eigenvalue weighted by Gasteiger charge is 2.33. The van der Waals surface area contributed by atoms with Gasteiger partial charge in [0.2, 0.25) is 0 Å². The molecule has 1 rings (SSSR count). The van der Waals surface area contributed by atoms with Crippen LogP contribution in [0, 0.1) is 5.92 Å². The van der Waals surface area contributed by atoms with Gasteiger partial charge in [0.25, 0.3) is 0 Å². The van der Waals surface area contributed by atoms with Gasteiger partial charge in [-0.25, -0.2) is 0 Å². The average molecular weight is 234 g/mol. The fourth-order valence-electron chi connectivity index (χ4n) is 1.62. The van der Waals surface area contributed by atoms with Crippen molar-refractivity contribution in [3.05, 3.63) is 12.1 Å². The van der Waals surface area contributed by atoms with E-state index in [4.69, 9.17) is 0 Å². The highest BCUT2D eigenvalue weighted by atomic mass is 19.4. The Hall–Kier alpha value is -0.445. The molecule has 0 aliphatic heterocycles. The van der Waals surface area contributed by atoms with Crippen LogP contribution in [0.3, 0.4) is 0 Å². The van der Waals surface area contributed by atoms with Gasteiger partial charge >= 0.3 is 6.98 Å². The molecule has 0 N–H and O–H groups in total. The molecule has 0 spiro atoms. The van der Waals surface area contributed by atoms with Crippen molar-refractivity contribution in [1.82, 2.24) is 4.90 Å². The van der Waals surface area contributed by atoms with E-state index < -0.39 is 12.4 Å². The van der Waals surface area contributed by atoms with Gasteiger partial charge in [-0.3, -0.25) is 4.90 Å². The number of nitrogens with zero attached hydrogens (tertiary/aromatic N) is 1. The molecule has 0 atom stereocenters. The number of hydrogen-bond donors (Lipinski definition) is 0. The van der Waals surface area contributed by atoms with E-state index in [0.717, 1.165) is 25.8 Å². The Labute approximate surface area is 95.8 Å². The van der Waals surface area contributed by atoms with Crippen LogP contribution in [-0.2, 0) is 0 Å². The van der Waals surface area contributed by atoms with E-state index in [2.05, 4.69) is 20.4 Å². The van der Waals surface area contributed by atoms with Crippen LogP contribution in [-0.4, -0.2) is 31.0 Å². The second-order valence-corrected chi connectivity index (χ2v) is 5.12. The zero-order valence-electron chi connectivity index (χ0n) is 10.1. The lowest BCUT2D eigenvalue weighted by molar-refractivity contribution is 0.267. The van der Waals surface area contributed by atoms with Crippen LogP contribution in [0.4, 0.5) is 12.9 Å². The molecule has 0 radical (unpaired) electrons. The molecule has 0 heterocycles. The molecule has 0 aromatic carbocycles. The molecular formula is C11H20BF3N-. The molecular weight excluding hydrogens is 214 g/mol. The normalized spacial score (nSPS) is 17.2. The third-order valence-electron chi connectivity index (χ3n) is 2.93. The SMILES string of the molecule is C=C(CN(CCC(C)C)C1CC1)[B-](F)(F)F. The van der Waals surface area contributed by atoms with Crippen molar-refractivity contribution in [3.8, 4) is 0 Å². The first-order valence-corrected chi connectivity index (χ1v) is 5.92.